The van der Waals surface area contributed by atoms with Gasteiger partial charge in [0, 0.05) is 21.9 Å². The molecule has 2 aromatic rings. The molecule has 0 aliphatic rings. The van der Waals surface area contributed by atoms with Crippen LogP contribution in [0.3, 0.4) is 0 Å². The van der Waals surface area contributed by atoms with Gasteiger partial charge in [-0.3, -0.25) is 0 Å². The third-order valence-electron chi connectivity index (χ3n) is 3.24. The van der Waals surface area contributed by atoms with Crippen LogP contribution in [0, 0.1) is 6.92 Å². The Bertz CT molecular complexity index is 507. The van der Waals surface area contributed by atoms with Gasteiger partial charge in [0.1, 0.15) is 0 Å². The Hall–Kier alpha value is -0.640. The van der Waals surface area contributed by atoms with Crippen molar-refractivity contribution in [3.8, 4) is 0 Å². The van der Waals surface area contributed by atoms with Crippen molar-refractivity contribution in [1.82, 2.24) is 5.32 Å². The highest BCUT2D eigenvalue weighted by molar-refractivity contribution is 9.10. The van der Waals surface area contributed by atoms with E-state index in [1.165, 1.54) is 33.3 Å². The van der Waals surface area contributed by atoms with E-state index in [0.29, 0.717) is 6.04 Å². The van der Waals surface area contributed by atoms with Crippen LogP contribution in [0.1, 0.15) is 41.8 Å². The number of thiophene rings is 1. The minimum Gasteiger partial charge on any atom is -0.305 e. The van der Waals surface area contributed by atoms with Crippen LogP contribution in [-0.4, -0.2) is 0 Å². The highest BCUT2D eigenvalue weighted by Gasteiger charge is 2.10. The van der Waals surface area contributed by atoms with Gasteiger partial charge >= 0.3 is 0 Å². The van der Waals surface area contributed by atoms with E-state index in [1.807, 2.05) is 11.3 Å². The molecule has 2 rings (SSSR count). The Balaban J connectivity index is 2.00. The summed E-state index contributed by atoms with van der Waals surface area (Å²) in [5, 5.41) is 5.84. The van der Waals surface area contributed by atoms with Gasteiger partial charge in [-0.1, -0.05) is 47.5 Å². The number of halogens is 1. The highest BCUT2D eigenvalue weighted by atomic mass is 79.9. The van der Waals surface area contributed by atoms with Crippen molar-refractivity contribution in [1.29, 1.82) is 0 Å². The summed E-state index contributed by atoms with van der Waals surface area (Å²) in [7, 11) is 0. The van der Waals surface area contributed by atoms with Gasteiger partial charge < -0.3 is 5.32 Å². The Morgan fingerprint density at radius 1 is 1.32 bits per heavy atom. The van der Waals surface area contributed by atoms with E-state index in [9.17, 15) is 0 Å². The molecule has 0 saturated heterocycles. The standard InChI is InChI=1S/C16H20BrNS/c1-3-5-15(16-6-4-9-19-16)18-11-13-7-8-14(17)12(2)10-13/h4,6-10,15,18H,3,5,11H2,1-2H3. The molecular weight excluding hydrogens is 318 g/mol. The maximum absolute atomic E-state index is 3.68. The minimum absolute atomic E-state index is 0.481. The van der Waals surface area contributed by atoms with Crippen LogP contribution in [0.15, 0.2) is 40.2 Å². The second-order valence-corrected chi connectivity index (χ2v) is 6.65. The molecule has 0 fully saturated rings. The fourth-order valence-corrected chi connectivity index (χ4v) is 3.26. The number of benzene rings is 1. The molecule has 0 aliphatic heterocycles. The predicted octanol–water partition coefficient (Wildman–Crippen LogP) is 5.45. The Morgan fingerprint density at radius 2 is 2.16 bits per heavy atom. The molecule has 3 heteroatoms. The highest BCUT2D eigenvalue weighted by Crippen LogP contribution is 2.24. The zero-order chi connectivity index (χ0) is 13.7. The van der Waals surface area contributed by atoms with E-state index in [-0.39, 0.29) is 0 Å². The van der Waals surface area contributed by atoms with Crippen molar-refractivity contribution in [3.63, 3.8) is 0 Å². The molecular formula is C16H20BrNS. The van der Waals surface area contributed by atoms with Gasteiger partial charge in [0.15, 0.2) is 0 Å². The van der Waals surface area contributed by atoms with E-state index < -0.39 is 0 Å². The minimum atomic E-state index is 0.481. The normalized spacial score (nSPS) is 12.6. The number of nitrogens with one attached hydrogen (secondary N) is 1. The predicted molar refractivity (Wildman–Crippen MR) is 87.7 cm³/mol. The van der Waals surface area contributed by atoms with Gasteiger partial charge in [-0.25, -0.2) is 0 Å². The molecule has 0 amide bonds. The molecule has 0 bridgehead atoms. The summed E-state index contributed by atoms with van der Waals surface area (Å²) in [4.78, 5) is 1.44. The van der Waals surface area contributed by atoms with E-state index in [1.54, 1.807) is 0 Å². The zero-order valence-corrected chi connectivity index (χ0v) is 13.9. The molecule has 1 heterocycles. The molecule has 1 aromatic carbocycles. The average molecular weight is 338 g/mol. The molecule has 0 spiro atoms. The van der Waals surface area contributed by atoms with E-state index in [0.717, 1.165) is 6.54 Å². The first-order valence-electron chi connectivity index (χ1n) is 6.72. The van der Waals surface area contributed by atoms with Gasteiger partial charge in [0.25, 0.3) is 0 Å². The largest absolute Gasteiger partial charge is 0.305 e. The van der Waals surface area contributed by atoms with E-state index >= 15 is 0 Å². The molecule has 1 N–H and O–H groups in total. The number of rotatable bonds is 6. The van der Waals surface area contributed by atoms with Crippen molar-refractivity contribution < 1.29 is 0 Å². The second-order valence-electron chi connectivity index (χ2n) is 4.82. The van der Waals surface area contributed by atoms with Crippen LogP contribution < -0.4 is 5.32 Å². The Morgan fingerprint density at radius 3 is 2.79 bits per heavy atom. The summed E-state index contributed by atoms with van der Waals surface area (Å²) >= 11 is 5.39. The monoisotopic (exact) mass is 337 g/mol. The van der Waals surface area contributed by atoms with E-state index in [4.69, 9.17) is 0 Å². The lowest BCUT2D eigenvalue weighted by atomic mass is 10.1. The summed E-state index contributed by atoms with van der Waals surface area (Å²) in [6, 6.07) is 11.4. The van der Waals surface area contributed by atoms with E-state index in [2.05, 4.69) is 70.8 Å². The molecule has 1 atom stereocenters. The zero-order valence-electron chi connectivity index (χ0n) is 11.4. The van der Waals surface area contributed by atoms with Crippen LogP contribution in [0.2, 0.25) is 0 Å². The van der Waals surface area contributed by atoms with Crippen LogP contribution >= 0.6 is 27.3 Å². The summed E-state index contributed by atoms with van der Waals surface area (Å²) in [6.07, 6.45) is 2.39. The smallest absolute Gasteiger partial charge is 0.0417 e. The lowest BCUT2D eigenvalue weighted by molar-refractivity contribution is 0.500. The van der Waals surface area contributed by atoms with Gasteiger partial charge in [-0.15, -0.1) is 11.3 Å². The van der Waals surface area contributed by atoms with Crippen molar-refractivity contribution in [2.45, 2.75) is 39.3 Å². The third-order valence-corrected chi connectivity index (χ3v) is 5.11. The maximum Gasteiger partial charge on any atom is 0.0417 e. The van der Waals surface area contributed by atoms with Crippen molar-refractivity contribution in [2.24, 2.45) is 0 Å². The van der Waals surface area contributed by atoms with Gasteiger partial charge in [0.05, 0.1) is 0 Å². The van der Waals surface area contributed by atoms with Crippen molar-refractivity contribution in [2.75, 3.05) is 0 Å². The van der Waals surface area contributed by atoms with Crippen molar-refractivity contribution >= 4 is 27.3 Å². The van der Waals surface area contributed by atoms with Crippen LogP contribution in [-0.2, 0) is 6.54 Å². The maximum atomic E-state index is 3.68. The summed E-state index contributed by atoms with van der Waals surface area (Å²) in [6.45, 7) is 5.30. The molecule has 102 valence electrons. The van der Waals surface area contributed by atoms with Crippen LogP contribution in [0.25, 0.3) is 0 Å². The number of hydrogen-bond donors (Lipinski definition) is 1. The van der Waals surface area contributed by atoms with Crippen LogP contribution in [0.4, 0.5) is 0 Å². The number of hydrogen-bond acceptors (Lipinski definition) is 2. The topological polar surface area (TPSA) is 12.0 Å². The molecule has 1 nitrogen and oxygen atoms in total. The molecule has 0 radical (unpaired) electrons. The SMILES string of the molecule is CCCC(NCc1ccc(Br)c(C)c1)c1cccs1. The molecule has 1 aromatic heterocycles. The first kappa shape index (κ1) is 14.8. The fourth-order valence-electron chi connectivity index (χ4n) is 2.18. The first-order valence-corrected chi connectivity index (χ1v) is 8.39. The molecule has 0 aliphatic carbocycles. The summed E-state index contributed by atoms with van der Waals surface area (Å²) < 4.78 is 1.18. The molecule has 19 heavy (non-hydrogen) atoms. The van der Waals surface area contributed by atoms with Gasteiger partial charge in [-0.05, 0) is 42.0 Å². The third kappa shape index (κ3) is 4.16. The lowest BCUT2D eigenvalue weighted by Crippen LogP contribution is -2.20. The Labute approximate surface area is 128 Å². The fraction of sp³-hybridized carbons (Fsp3) is 0.375. The average Bonchev–Trinajstić information content (AvgIpc) is 2.92. The first-order chi connectivity index (χ1) is 9.20. The van der Waals surface area contributed by atoms with Crippen LogP contribution in [0.5, 0.6) is 0 Å². The summed E-state index contributed by atoms with van der Waals surface area (Å²) in [5.41, 5.74) is 2.64. The summed E-state index contributed by atoms with van der Waals surface area (Å²) in [5.74, 6) is 0. The molecule has 0 saturated carbocycles. The van der Waals surface area contributed by atoms with Gasteiger partial charge in [-0.2, -0.15) is 0 Å². The quantitative estimate of drug-likeness (QED) is 0.738. The Kier molecular flexibility index (Phi) is 5.61. The molecule has 1 unspecified atom stereocenters. The second kappa shape index (κ2) is 7.22. The number of aryl methyl sites for hydroxylation is 1. The van der Waals surface area contributed by atoms with Crippen molar-refractivity contribution in [3.05, 3.63) is 56.2 Å². The lowest BCUT2D eigenvalue weighted by Gasteiger charge is -2.17. The van der Waals surface area contributed by atoms with Gasteiger partial charge in [0.2, 0.25) is 0 Å².